The summed E-state index contributed by atoms with van der Waals surface area (Å²) in [6.45, 7) is 5.89. The van der Waals surface area contributed by atoms with E-state index in [0.717, 1.165) is 24.4 Å². The van der Waals surface area contributed by atoms with Crippen LogP contribution in [0.5, 0.6) is 0 Å². The molecule has 2 aromatic heterocycles. The molecule has 1 amide bonds. The lowest BCUT2D eigenvalue weighted by atomic mass is 9.81. The van der Waals surface area contributed by atoms with E-state index in [1.54, 1.807) is 24.4 Å². The zero-order valence-electron chi connectivity index (χ0n) is 17.3. The number of aromatic nitrogens is 4. The Morgan fingerprint density at radius 2 is 1.97 bits per heavy atom. The predicted octanol–water partition coefficient (Wildman–Crippen LogP) is 3.63. The Morgan fingerprint density at radius 3 is 2.68 bits per heavy atom. The van der Waals surface area contributed by atoms with E-state index in [1.807, 2.05) is 18.7 Å². The van der Waals surface area contributed by atoms with Gasteiger partial charge in [-0.3, -0.25) is 9.89 Å². The van der Waals surface area contributed by atoms with Crippen molar-refractivity contribution in [3.8, 4) is 11.3 Å². The molecule has 2 saturated heterocycles. The molecule has 2 aliphatic rings. The molecule has 5 rings (SSSR count). The van der Waals surface area contributed by atoms with E-state index in [4.69, 9.17) is 11.6 Å². The summed E-state index contributed by atoms with van der Waals surface area (Å²) in [5, 5.41) is 7.25. The van der Waals surface area contributed by atoms with Crippen molar-refractivity contribution in [2.24, 2.45) is 5.92 Å². The number of H-pyrrole nitrogens is 1. The number of nitrogens with zero attached hydrogens (tertiary/aromatic N) is 5. The summed E-state index contributed by atoms with van der Waals surface area (Å²) in [5.74, 6) is 0.453. The number of hydrogen-bond acceptors (Lipinski definition) is 5. The summed E-state index contributed by atoms with van der Waals surface area (Å²) in [5.41, 5.74) is 2.58. The molecular weight excluding hydrogens is 419 g/mol. The predicted molar refractivity (Wildman–Crippen MR) is 116 cm³/mol. The van der Waals surface area contributed by atoms with E-state index in [1.165, 1.54) is 6.07 Å². The minimum Gasteiger partial charge on any atom is -0.339 e. The molecule has 1 N–H and O–H groups in total. The van der Waals surface area contributed by atoms with Gasteiger partial charge in [0.2, 0.25) is 5.95 Å². The maximum atomic E-state index is 14.6. The lowest BCUT2D eigenvalue weighted by Gasteiger charge is -2.53. The van der Waals surface area contributed by atoms with E-state index in [0.29, 0.717) is 41.2 Å². The Hall–Kier alpha value is -3.00. The zero-order valence-corrected chi connectivity index (χ0v) is 18.0. The fraction of sp³-hybridized carbons (Fsp3) is 0.364. The second-order valence-corrected chi connectivity index (χ2v) is 8.54. The van der Waals surface area contributed by atoms with Gasteiger partial charge >= 0.3 is 0 Å². The molecule has 3 aromatic rings. The number of aryl methyl sites for hydroxylation is 2. The number of likely N-dealkylation sites (tertiary alicyclic amines) is 1. The van der Waals surface area contributed by atoms with Crippen molar-refractivity contribution in [2.45, 2.75) is 26.3 Å². The number of carbonyl (C=O) groups is 1. The molecule has 0 unspecified atom stereocenters. The van der Waals surface area contributed by atoms with Gasteiger partial charge in [-0.2, -0.15) is 5.10 Å². The number of rotatable bonds is 3. The largest absolute Gasteiger partial charge is 0.339 e. The first-order valence-electron chi connectivity index (χ1n) is 10.3. The first-order valence-corrected chi connectivity index (χ1v) is 10.7. The van der Waals surface area contributed by atoms with Crippen molar-refractivity contribution in [3.05, 3.63) is 58.3 Å². The number of hydrogen-bond donors (Lipinski definition) is 1. The van der Waals surface area contributed by atoms with Crippen LogP contribution < -0.4 is 4.90 Å². The van der Waals surface area contributed by atoms with Crippen LogP contribution in [-0.4, -0.2) is 56.6 Å². The zero-order chi connectivity index (χ0) is 21.7. The molecule has 0 spiro atoms. The van der Waals surface area contributed by atoms with Crippen LogP contribution in [0.25, 0.3) is 11.3 Å². The standard InChI is InChI=1S/C22H22ClFN6O/c1-12-20(23)13(2)27-22(26-12)29-9-7-14-10-30(18(14)11-29)21(31)15-4-3-5-16(24)19(15)17-6-8-25-28-17/h3-6,8,14,18H,7,9-11H2,1-2H3,(H,25,28)/t14-,18-/m1/s1. The van der Waals surface area contributed by atoms with E-state index in [9.17, 15) is 9.18 Å². The smallest absolute Gasteiger partial charge is 0.254 e. The minimum atomic E-state index is -0.446. The quantitative estimate of drug-likeness (QED) is 0.673. The number of amides is 1. The number of anilines is 1. The van der Waals surface area contributed by atoms with Gasteiger partial charge in [-0.05, 0) is 38.5 Å². The molecule has 0 aliphatic carbocycles. The molecule has 160 valence electrons. The number of benzene rings is 1. The third-order valence-electron chi connectivity index (χ3n) is 6.28. The maximum absolute atomic E-state index is 14.6. The topological polar surface area (TPSA) is 78.0 Å². The van der Waals surface area contributed by atoms with Gasteiger partial charge in [0, 0.05) is 37.3 Å². The van der Waals surface area contributed by atoms with Crippen LogP contribution in [-0.2, 0) is 0 Å². The highest BCUT2D eigenvalue weighted by Crippen LogP contribution is 2.37. The Balaban J connectivity index is 1.40. The highest BCUT2D eigenvalue weighted by molar-refractivity contribution is 6.31. The van der Waals surface area contributed by atoms with E-state index in [2.05, 4.69) is 25.1 Å². The van der Waals surface area contributed by atoms with Crippen molar-refractivity contribution < 1.29 is 9.18 Å². The van der Waals surface area contributed by atoms with Gasteiger partial charge in [0.05, 0.1) is 33.7 Å². The van der Waals surface area contributed by atoms with Crippen LogP contribution in [0, 0.1) is 25.6 Å². The van der Waals surface area contributed by atoms with Crippen molar-refractivity contribution in [1.82, 2.24) is 25.1 Å². The molecule has 2 aliphatic heterocycles. The van der Waals surface area contributed by atoms with Gasteiger partial charge in [0.25, 0.3) is 5.91 Å². The third kappa shape index (κ3) is 3.35. The first kappa shape index (κ1) is 19.9. The van der Waals surface area contributed by atoms with E-state index in [-0.39, 0.29) is 17.5 Å². The summed E-state index contributed by atoms with van der Waals surface area (Å²) in [7, 11) is 0. The summed E-state index contributed by atoms with van der Waals surface area (Å²) in [4.78, 5) is 26.4. The Kier molecular flexibility index (Phi) is 4.89. The molecule has 0 saturated carbocycles. The summed E-state index contributed by atoms with van der Waals surface area (Å²) in [6, 6.07) is 6.30. The van der Waals surface area contributed by atoms with Crippen LogP contribution in [0.1, 0.15) is 28.2 Å². The maximum Gasteiger partial charge on any atom is 0.254 e. The number of fused-ring (bicyclic) bond motifs is 1. The highest BCUT2D eigenvalue weighted by atomic mass is 35.5. The second-order valence-electron chi connectivity index (χ2n) is 8.16. The molecule has 31 heavy (non-hydrogen) atoms. The molecule has 7 nitrogen and oxygen atoms in total. The van der Waals surface area contributed by atoms with Crippen molar-refractivity contribution >= 4 is 23.5 Å². The fourth-order valence-corrected chi connectivity index (χ4v) is 4.65. The first-order chi connectivity index (χ1) is 14.9. The molecule has 2 atom stereocenters. The summed E-state index contributed by atoms with van der Waals surface area (Å²) < 4.78 is 14.6. The van der Waals surface area contributed by atoms with Gasteiger partial charge in [-0.1, -0.05) is 17.7 Å². The number of carbonyl (C=O) groups excluding carboxylic acids is 1. The summed E-state index contributed by atoms with van der Waals surface area (Å²) in [6.07, 6.45) is 2.50. The number of piperidine rings is 1. The molecule has 2 fully saturated rings. The van der Waals surface area contributed by atoms with Crippen LogP contribution in [0.2, 0.25) is 5.02 Å². The molecular formula is C22H22ClFN6O. The minimum absolute atomic E-state index is 0.0408. The molecule has 0 radical (unpaired) electrons. The monoisotopic (exact) mass is 440 g/mol. The number of aromatic amines is 1. The number of halogens is 2. The van der Waals surface area contributed by atoms with Gasteiger partial charge in [0.15, 0.2) is 0 Å². The van der Waals surface area contributed by atoms with Gasteiger partial charge in [-0.15, -0.1) is 0 Å². The van der Waals surface area contributed by atoms with Crippen LogP contribution in [0.4, 0.5) is 10.3 Å². The van der Waals surface area contributed by atoms with Crippen molar-refractivity contribution in [1.29, 1.82) is 0 Å². The van der Waals surface area contributed by atoms with Gasteiger partial charge in [-0.25, -0.2) is 14.4 Å². The van der Waals surface area contributed by atoms with Crippen molar-refractivity contribution in [2.75, 3.05) is 24.5 Å². The molecule has 1 aromatic carbocycles. The SMILES string of the molecule is Cc1nc(N2CC[C@@H]3CN(C(=O)c4cccc(F)c4-c4ccn[nH]4)[C@@H]3C2)nc(C)c1Cl. The van der Waals surface area contributed by atoms with Gasteiger partial charge < -0.3 is 9.80 Å². The molecule has 0 bridgehead atoms. The average Bonchev–Trinajstić information content (AvgIpc) is 3.26. The lowest BCUT2D eigenvalue weighted by molar-refractivity contribution is 0.00771. The highest BCUT2D eigenvalue weighted by Gasteiger charge is 2.46. The Labute approximate surface area is 184 Å². The Morgan fingerprint density at radius 1 is 1.19 bits per heavy atom. The van der Waals surface area contributed by atoms with Crippen LogP contribution in [0.15, 0.2) is 30.5 Å². The van der Waals surface area contributed by atoms with E-state index < -0.39 is 5.82 Å². The van der Waals surface area contributed by atoms with E-state index >= 15 is 0 Å². The molecule has 9 heteroatoms. The average molecular weight is 441 g/mol. The van der Waals surface area contributed by atoms with Crippen LogP contribution in [0.3, 0.4) is 0 Å². The summed E-state index contributed by atoms with van der Waals surface area (Å²) >= 11 is 6.22. The Bertz CT molecular complexity index is 1130. The second kappa shape index (κ2) is 7.60. The molecule has 4 heterocycles. The van der Waals surface area contributed by atoms with Crippen LogP contribution >= 0.6 is 11.6 Å². The van der Waals surface area contributed by atoms with Crippen molar-refractivity contribution in [3.63, 3.8) is 0 Å². The fourth-order valence-electron chi connectivity index (χ4n) is 4.56. The third-order valence-corrected chi connectivity index (χ3v) is 6.83. The lowest BCUT2D eigenvalue weighted by Crippen LogP contribution is -2.66. The normalized spacial score (nSPS) is 20.4. The number of nitrogens with one attached hydrogen (secondary N) is 1. The van der Waals surface area contributed by atoms with Gasteiger partial charge in [0.1, 0.15) is 5.82 Å².